The number of hydrogen-bond donors (Lipinski definition) is 1. The van der Waals surface area contributed by atoms with Crippen molar-refractivity contribution in [3.8, 4) is 5.75 Å². The highest BCUT2D eigenvalue weighted by Crippen LogP contribution is 2.29. The third-order valence-corrected chi connectivity index (χ3v) is 3.12. The Morgan fingerprint density at radius 2 is 2.22 bits per heavy atom. The molecule has 0 saturated carbocycles. The van der Waals surface area contributed by atoms with Crippen LogP contribution in [0.3, 0.4) is 0 Å². The van der Waals surface area contributed by atoms with E-state index in [-0.39, 0.29) is 0 Å². The van der Waals surface area contributed by atoms with Crippen molar-refractivity contribution in [1.82, 2.24) is 5.32 Å². The van der Waals surface area contributed by atoms with Crippen molar-refractivity contribution in [1.29, 1.82) is 0 Å². The molecule has 0 radical (unpaired) electrons. The second kappa shape index (κ2) is 7.93. The van der Waals surface area contributed by atoms with Gasteiger partial charge in [0.2, 0.25) is 0 Å². The molecule has 2 heteroatoms. The van der Waals surface area contributed by atoms with Gasteiger partial charge in [-0.05, 0) is 44.4 Å². The average Bonchev–Trinajstić information content (AvgIpc) is 2.38. The van der Waals surface area contributed by atoms with Gasteiger partial charge in [-0.1, -0.05) is 25.1 Å². The molecule has 0 bridgehead atoms. The Hall–Kier alpha value is -1.28. The molecule has 1 rings (SSSR count). The lowest BCUT2D eigenvalue weighted by atomic mass is 9.98. The van der Waals surface area contributed by atoms with Gasteiger partial charge in [0.1, 0.15) is 5.75 Å². The third kappa shape index (κ3) is 4.19. The second-order valence-electron chi connectivity index (χ2n) is 4.58. The molecule has 1 unspecified atom stereocenters. The quantitative estimate of drug-likeness (QED) is 0.553. The molecule has 1 atom stereocenters. The van der Waals surface area contributed by atoms with Crippen LogP contribution in [0.25, 0.3) is 0 Å². The SMILES string of the molecule is C=CCCCC(NCC)c1ccc(C)cc1OC. The van der Waals surface area contributed by atoms with E-state index in [4.69, 9.17) is 4.74 Å². The predicted octanol–water partition coefficient (Wildman–Crippen LogP) is 4.01. The molecular weight excluding hydrogens is 222 g/mol. The number of rotatable bonds is 8. The molecular formula is C16H25NO. The van der Waals surface area contributed by atoms with E-state index in [1.165, 1.54) is 11.1 Å². The molecule has 2 nitrogen and oxygen atoms in total. The molecule has 0 aliphatic rings. The van der Waals surface area contributed by atoms with Gasteiger partial charge in [0, 0.05) is 11.6 Å². The minimum absolute atomic E-state index is 0.366. The highest BCUT2D eigenvalue weighted by Gasteiger charge is 2.14. The molecule has 0 spiro atoms. The van der Waals surface area contributed by atoms with Crippen molar-refractivity contribution in [2.24, 2.45) is 0 Å². The Kier molecular flexibility index (Phi) is 6.51. The molecule has 0 heterocycles. The highest BCUT2D eigenvalue weighted by atomic mass is 16.5. The van der Waals surface area contributed by atoms with Crippen molar-refractivity contribution in [3.63, 3.8) is 0 Å². The van der Waals surface area contributed by atoms with Crippen LogP contribution in [-0.2, 0) is 0 Å². The summed E-state index contributed by atoms with van der Waals surface area (Å²) in [5.74, 6) is 0.986. The molecule has 0 saturated heterocycles. The summed E-state index contributed by atoms with van der Waals surface area (Å²) in [5.41, 5.74) is 2.49. The van der Waals surface area contributed by atoms with Gasteiger partial charge in [0.05, 0.1) is 7.11 Å². The Labute approximate surface area is 111 Å². The van der Waals surface area contributed by atoms with Crippen molar-refractivity contribution in [2.75, 3.05) is 13.7 Å². The molecule has 100 valence electrons. The normalized spacial score (nSPS) is 12.2. The maximum absolute atomic E-state index is 5.50. The van der Waals surface area contributed by atoms with Crippen LogP contribution in [0.4, 0.5) is 0 Å². The molecule has 0 fully saturated rings. The van der Waals surface area contributed by atoms with E-state index < -0.39 is 0 Å². The third-order valence-electron chi connectivity index (χ3n) is 3.12. The van der Waals surface area contributed by atoms with E-state index in [0.717, 1.165) is 31.6 Å². The van der Waals surface area contributed by atoms with E-state index in [0.29, 0.717) is 6.04 Å². The zero-order valence-electron chi connectivity index (χ0n) is 11.8. The molecule has 1 aromatic carbocycles. The fourth-order valence-electron chi connectivity index (χ4n) is 2.19. The number of unbranched alkanes of at least 4 members (excludes halogenated alkanes) is 1. The topological polar surface area (TPSA) is 21.3 Å². The van der Waals surface area contributed by atoms with Gasteiger partial charge in [0.25, 0.3) is 0 Å². The molecule has 1 aromatic rings. The van der Waals surface area contributed by atoms with Gasteiger partial charge < -0.3 is 10.1 Å². The van der Waals surface area contributed by atoms with Gasteiger partial charge in [-0.2, -0.15) is 0 Å². The first-order valence-corrected chi connectivity index (χ1v) is 6.71. The summed E-state index contributed by atoms with van der Waals surface area (Å²) in [4.78, 5) is 0. The second-order valence-corrected chi connectivity index (χ2v) is 4.58. The Morgan fingerprint density at radius 1 is 1.44 bits per heavy atom. The molecule has 0 aliphatic carbocycles. The van der Waals surface area contributed by atoms with E-state index in [2.05, 4.69) is 43.9 Å². The Morgan fingerprint density at radius 3 is 2.83 bits per heavy atom. The van der Waals surface area contributed by atoms with Crippen molar-refractivity contribution in [2.45, 2.75) is 39.2 Å². The van der Waals surface area contributed by atoms with E-state index in [9.17, 15) is 0 Å². The number of ether oxygens (including phenoxy) is 1. The Bertz CT molecular complexity index is 373. The first kappa shape index (κ1) is 14.8. The average molecular weight is 247 g/mol. The summed E-state index contributed by atoms with van der Waals surface area (Å²) < 4.78 is 5.50. The maximum atomic E-state index is 5.50. The number of nitrogens with one attached hydrogen (secondary N) is 1. The van der Waals surface area contributed by atoms with E-state index >= 15 is 0 Å². The number of hydrogen-bond acceptors (Lipinski definition) is 2. The number of methoxy groups -OCH3 is 1. The number of aryl methyl sites for hydroxylation is 1. The molecule has 0 aromatic heterocycles. The van der Waals surface area contributed by atoms with E-state index in [1.807, 2.05) is 6.08 Å². The molecule has 18 heavy (non-hydrogen) atoms. The first-order chi connectivity index (χ1) is 8.72. The standard InChI is InChI=1S/C16H25NO/c1-5-7-8-9-15(17-6-2)14-11-10-13(3)12-16(14)18-4/h5,10-12,15,17H,1,6-9H2,2-4H3. The lowest BCUT2D eigenvalue weighted by Crippen LogP contribution is -2.21. The number of allylic oxidation sites excluding steroid dienone is 1. The Balaban J connectivity index is 2.86. The van der Waals surface area contributed by atoms with Gasteiger partial charge in [0.15, 0.2) is 0 Å². The summed E-state index contributed by atoms with van der Waals surface area (Å²) in [6.45, 7) is 8.97. The van der Waals surface area contributed by atoms with Gasteiger partial charge >= 0.3 is 0 Å². The van der Waals surface area contributed by atoms with Crippen LogP contribution in [0.2, 0.25) is 0 Å². The molecule has 0 aliphatic heterocycles. The van der Waals surface area contributed by atoms with Crippen LogP contribution >= 0.6 is 0 Å². The van der Waals surface area contributed by atoms with Crippen LogP contribution in [0.1, 0.15) is 43.4 Å². The van der Waals surface area contributed by atoms with Crippen LogP contribution in [0, 0.1) is 6.92 Å². The molecule has 0 amide bonds. The van der Waals surface area contributed by atoms with Crippen molar-refractivity contribution < 1.29 is 4.74 Å². The van der Waals surface area contributed by atoms with Crippen LogP contribution in [0.5, 0.6) is 5.75 Å². The predicted molar refractivity (Wildman–Crippen MR) is 78.2 cm³/mol. The van der Waals surface area contributed by atoms with Crippen LogP contribution in [0.15, 0.2) is 30.9 Å². The monoisotopic (exact) mass is 247 g/mol. The van der Waals surface area contributed by atoms with Gasteiger partial charge in [-0.15, -0.1) is 6.58 Å². The lowest BCUT2D eigenvalue weighted by Gasteiger charge is -2.21. The fraction of sp³-hybridized carbons (Fsp3) is 0.500. The number of benzene rings is 1. The van der Waals surface area contributed by atoms with Gasteiger partial charge in [-0.25, -0.2) is 0 Å². The van der Waals surface area contributed by atoms with E-state index in [1.54, 1.807) is 7.11 Å². The summed E-state index contributed by atoms with van der Waals surface area (Å²) in [7, 11) is 1.74. The fourth-order valence-corrected chi connectivity index (χ4v) is 2.19. The summed E-state index contributed by atoms with van der Waals surface area (Å²) in [6, 6.07) is 6.80. The highest BCUT2D eigenvalue weighted by molar-refractivity contribution is 5.39. The zero-order valence-corrected chi connectivity index (χ0v) is 11.8. The smallest absolute Gasteiger partial charge is 0.123 e. The van der Waals surface area contributed by atoms with Crippen LogP contribution < -0.4 is 10.1 Å². The van der Waals surface area contributed by atoms with Crippen LogP contribution in [-0.4, -0.2) is 13.7 Å². The summed E-state index contributed by atoms with van der Waals surface area (Å²) in [5, 5.41) is 3.54. The summed E-state index contributed by atoms with van der Waals surface area (Å²) in [6.07, 6.45) is 5.31. The first-order valence-electron chi connectivity index (χ1n) is 6.71. The zero-order chi connectivity index (χ0) is 13.4. The van der Waals surface area contributed by atoms with Crippen molar-refractivity contribution >= 4 is 0 Å². The molecule has 1 N–H and O–H groups in total. The minimum atomic E-state index is 0.366. The summed E-state index contributed by atoms with van der Waals surface area (Å²) >= 11 is 0. The minimum Gasteiger partial charge on any atom is -0.496 e. The van der Waals surface area contributed by atoms with Crippen molar-refractivity contribution in [3.05, 3.63) is 42.0 Å². The maximum Gasteiger partial charge on any atom is 0.123 e. The lowest BCUT2D eigenvalue weighted by molar-refractivity contribution is 0.394. The largest absolute Gasteiger partial charge is 0.496 e. The van der Waals surface area contributed by atoms with Gasteiger partial charge in [-0.3, -0.25) is 0 Å².